The van der Waals surface area contributed by atoms with Gasteiger partial charge in [0.25, 0.3) is 0 Å². The topological polar surface area (TPSA) is 122 Å². The number of carbonyl (C=O) groups is 1. The molecule has 1 fully saturated rings. The minimum Gasteiger partial charge on any atom is -0.485 e. The van der Waals surface area contributed by atoms with Crippen LogP contribution in [0.5, 0.6) is 11.5 Å². The lowest BCUT2D eigenvalue weighted by molar-refractivity contribution is -0.139. The van der Waals surface area contributed by atoms with Crippen molar-refractivity contribution in [2.45, 2.75) is 43.9 Å². The fourth-order valence-corrected chi connectivity index (χ4v) is 4.90. The normalized spacial score (nSPS) is 27.4. The maximum atomic E-state index is 12.1. The Bertz CT molecular complexity index is 764. The van der Waals surface area contributed by atoms with Crippen molar-refractivity contribution in [1.82, 2.24) is 4.72 Å². The van der Waals surface area contributed by atoms with Gasteiger partial charge in [0.05, 0.1) is 17.9 Å². The van der Waals surface area contributed by atoms with Crippen molar-refractivity contribution >= 4 is 16.0 Å². The molecule has 3 rings (SSSR count). The van der Waals surface area contributed by atoms with Crippen LogP contribution in [0.4, 0.5) is 0 Å². The van der Waals surface area contributed by atoms with Gasteiger partial charge in [0, 0.05) is 17.9 Å². The molecule has 0 spiro atoms. The number of benzene rings is 1. The number of fused-ring (bicyclic) bond motifs is 3. The zero-order valence-corrected chi connectivity index (χ0v) is 14.5. The lowest BCUT2D eigenvalue weighted by Gasteiger charge is -2.22. The predicted octanol–water partition coefficient (Wildman–Crippen LogP) is 0.457. The molecule has 25 heavy (non-hydrogen) atoms. The molecule has 138 valence electrons. The second-order valence-electron chi connectivity index (χ2n) is 6.30. The van der Waals surface area contributed by atoms with E-state index >= 15 is 0 Å². The molecular formula is C16H21NO7S. The molecule has 8 nitrogen and oxygen atoms in total. The van der Waals surface area contributed by atoms with Crippen molar-refractivity contribution in [3.63, 3.8) is 0 Å². The molecule has 0 saturated heterocycles. The standard InChI is InChI=1S/C16H21NO7S/c1-2-6-25(21,22)17-15-10(18)7-12-14(15)9-4-3-5-11(16(9)24-12)23-8-13(19)20/h3-5,10,12,14-15,17-18H,2,6-8H2,1H3,(H,19,20). The third kappa shape index (κ3) is 3.58. The minimum atomic E-state index is -3.50. The van der Waals surface area contributed by atoms with Gasteiger partial charge in [-0.05, 0) is 12.5 Å². The van der Waals surface area contributed by atoms with Crippen molar-refractivity contribution in [2.24, 2.45) is 0 Å². The van der Waals surface area contributed by atoms with E-state index in [-0.39, 0.29) is 24.2 Å². The first-order valence-electron chi connectivity index (χ1n) is 8.14. The van der Waals surface area contributed by atoms with Crippen molar-refractivity contribution in [1.29, 1.82) is 0 Å². The molecule has 1 heterocycles. The monoisotopic (exact) mass is 371 g/mol. The molecule has 3 N–H and O–H groups in total. The molecule has 0 radical (unpaired) electrons. The predicted molar refractivity (Wildman–Crippen MR) is 88.4 cm³/mol. The summed E-state index contributed by atoms with van der Waals surface area (Å²) in [6, 6.07) is 4.41. The zero-order valence-electron chi connectivity index (χ0n) is 13.7. The summed E-state index contributed by atoms with van der Waals surface area (Å²) in [5.74, 6) is -0.728. The summed E-state index contributed by atoms with van der Waals surface area (Å²) >= 11 is 0. The Kier molecular flexibility index (Phi) is 4.90. The number of sulfonamides is 1. The van der Waals surface area contributed by atoms with Crippen LogP contribution in [0.15, 0.2) is 18.2 Å². The van der Waals surface area contributed by atoms with Gasteiger partial charge in [-0.3, -0.25) is 0 Å². The second kappa shape index (κ2) is 6.81. The highest BCUT2D eigenvalue weighted by Gasteiger charge is 2.51. The number of aliphatic hydroxyl groups excluding tert-OH is 1. The average molecular weight is 371 g/mol. The number of para-hydroxylation sites is 1. The smallest absolute Gasteiger partial charge is 0.341 e. The van der Waals surface area contributed by atoms with Gasteiger partial charge >= 0.3 is 5.97 Å². The number of hydrogen-bond donors (Lipinski definition) is 3. The van der Waals surface area contributed by atoms with E-state index in [4.69, 9.17) is 14.6 Å². The summed E-state index contributed by atoms with van der Waals surface area (Å²) < 4.78 is 38.0. The summed E-state index contributed by atoms with van der Waals surface area (Å²) in [5, 5.41) is 19.0. The van der Waals surface area contributed by atoms with E-state index in [1.54, 1.807) is 25.1 Å². The van der Waals surface area contributed by atoms with Gasteiger partial charge in [-0.25, -0.2) is 17.9 Å². The molecular weight excluding hydrogens is 350 g/mol. The largest absolute Gasteiger partial charge is 0.485 e. The van der Waals surface area contributed by atoms with E-state index in [1.807, 2.05) is 0 Å². The fraction of sp³-hybridized carbons (Fsp3) is 0.562. The Labute approximate surface area is 145 Å². The molecule has 1 aliphatic carbocycles. The van der Waals surface area contributed by atoms with Gasteiger partial charge in [-0.15, -0.1) is 0 Å². The van der Waals surface area contributed by atoms with Gasteiger partial charge in [0.2, 0.25) is 10.0 Å². The quantitative estimate of drug-likeness (QED) is 0.636. The average Bonchev–Trinajstić information content (AvgIpc) is 3.01. The molecule has 4 atom stereocenters. The first kappa shape index (κ1) is 18.0. The number of carboxylic acids is 1. The van der Waals surface area contributed by atoms with Gasteiger partial charge in [0.1, 0.15) is 6.10 Å². The molecule has 1 aromatic carbocycles. The van der Waals surface area contributed by atoms with Crippen LogP contribution in [0.2, 0.25) is 0 Å². The van der Waals surface area contributed by atoms with Crippen molar-refractivity contribution < 1.29 is 32.9 Å². The molecule has 0 amide bonds. The van der Waals surface area contributed by atoms with E-state index < -0.39 is 34.7 Å². The Balaban J connectivity index is 1.87. The van der Waals surface area contributed by atoms with Gasteiger partial charge < -0.3 is 19.7 Å². The summed E-state index contributed by atoms with van der Waals surface area (Å²) in [7, 11) is -3.50. The Morgan fingerprint density at radius 1 is 1.44 bits per heavy atom. The maximum Gasteiger partial charge on any atom is 0.341 e. The van der Waals surface area contributed by atoms with Crippen LogP contribution < -0.4 is 14.2 Å². The first-order valence-corrected chi connectivity index (χ1v) is 9.80. The fourth-order valence-electron chi connectivity index (χ4n) is 3.53. The highest BCUT2D eigenvalue weighted by Crippen LogP contribution is 2.50. The summed E-state index contributed by atoms with van der Waals surface area (Å²) in [4.78, 5) is 10.7. The molecule has 0 bridgehead atoms. The summed E-state index contributed by atoms with van der Waals surface area (Å²) in [6.45, 7) is 1.28. The van der Waals surface area contributed by atoms with Crippen LogP contribution >= 0.6 is 0 Å². The molecule has 1 aliphatic heterocycles. The van der Waals surface area contributed by atoms with Gasteiger partial charge in [-0.2, -0.15) is 0 Å². The molecule has 9 heteroatoms. The second-order valence-corrected chi connectivity index (χ2v) is 8.18. The third-order valence-corrected chi connectivity index (χ3v) is 6.03. The molecule has 1 saturated carbocycles. The van der Waals surface area contributed by atoms with Crippen LogP contribution in [0.25, 0.3) is 0 Å². The van der Waals surface area contributed by atoms with Crippen LogP contribution in [0.3, 0.4) is 0 Å². The van der Waals surface area contributed by atoms with Gasteiger partial charge in [0.15, 0.2) is 18.1 Å². The number of ether oxygens (including phenoxy) is 2. The Morgan fingerprint density at radius 2 is 2.20 bits per heavy atom. The van der Waals surface area contributed by atoms with Crippen molar-refractivity contribution in [2.75, 3.05) is 12.4 Å². The van der Waals surface area contributed by atoms with Crippen molar-refractivity contribution in [3.05, 3.63) is 23.8 Å². The molecule has 1 aromatic rings. The highest BCUT2D eigenvalue weighted by molar-refractivity contribution is 7.89. The van der Waals surface area contributed by atoms with Crippen LogP contribution in [-0.2, 0) is 14.8 Å². The lowest BCUT2D eigenvalue weighted by Crippen LogP contribution is -2.44. The van der Waals surface area contributed by atoms with Gasteiger partial charge in [-0.1, -0.05) is 19.1 Å². The number of rotatable bonds is 7. The van der Waals surface area contributed by atoms with Crippen LogP contribution in [-0.4, -0.2) is 55.2 Å². The van der Waals surface area contributed by atoms with E-state index in [2.05, 4.69) is 4.72 Å². The van der Waals surface area contributed by atoms with E-state index in [0.29, 0.717) is 23.5 Å². The summed E-state index contributed by atoms with van der Waals surface area (Å²) in [5.41, 5.74) is 0.716. The number of aliphatic carboxylic acids is 1. The number of hydrogen-bond acceptors (Lipinski definition) is 6. The number of aliphatic hydroxyl groups is 1. The van der Waals surface area contributed by atoms with E-state index in [0.717, 1.165) is 0 Å². The maximum absolute atomic E-state index is 12.1. The SMILES string of the molecule is CCCS(=O)(=O)NC1C(O)CC2Oc3c(OCC(=O)O)cccc3C21. The van der Waals surface area contributed by atoms with E-state index in [1.165, 1.54) is 0 Å². The lowest BCUT2D eigenvalue weighted by atomic mass is 9.94. The minimum absolute atomic E-state index is 0.0108. The Hall–Kier alpha value is -1.84. The Morgan fingerprint density at radius 3 is 2.88 bits per heavy atom. The zero-order chi connectivity index (χ0) is 18.2. The highest BCUT2D eigenvalue weighted by atomic mass is 32.2. The number of nitrogens with one attached hydrogen (secondary N) is 1. The summed E-state index contributed by atoms with van der Waals surface area (Å²) in [6.07, 6.45) is -0.462. The third-order valence-electron chi connectivity index (χ3n) is 4.45. The molecule has 0 aromatic heterocycles. The first-order chi connectivity index (χ1) is 11.8. The molecule has 4 unspecified atom stereocenters. The van der Waals surface area contributed by atoms with Crippen molar-refractivity contribution in [3.8, 4) is 11.5 Å². The number of carboxylic acid groups (broad SMARTS) is 1. The van der Waals surface area contributed by atoms with Crippen LogP contribution in [0.1, 0.15) is 31.2 Å². The van der Waals surface area contributed by atoms with Crippen LogP contribution in [0, 0.1) is 0 Å². The molecule has 2 aliphatic rings. The van der Waals surface area contributed by atoms with E-state index in [9.17, 15) is 18.3 Å².